The number of hydrogen-bond donors (Lipinski definition) is 1. The third-order valence-electron chi connectivity index (χ3n) is 2.58. The van der Waals surface area contributed by atoms with Gasteiger partial charge in [-0.25, -0.2) is 4.79 Å². The van der Waals surface area contributed by atoms with Crippen LogP contribution in [0.25, 0.3) is 0 Å². The normalized spacial score (nSPS) is 26.2. The van der Waals surface area contributed by atoms with E-state index in [9.17, 15) is 4.79 Å². The molecule has 0 aromatic rings. The molecule has 2 unspecified atom stereocenters. The number of nitrogens with zero attached hydrogens (tertiary/aromatic N) is 1. The van der Waals surface area contributed by atoms with Crippen LogP contribution in [0.2, 0.25) is 0 Å². The fraction of sp³-hybridized carbons (Fsp3) is 0.700. The number of amides is 2. The van der Waals surface area contributed by atoms with Gasteiger partial charge in [-0.15, -0.1) is 0 Å². The number of hydrogen-bond acceptors (Lipinski definition) is 2. The molecular weight excluding hydrogens is 276 g/mol. The van der Waals surface area contributed by atoms with Crippen molar-refractivity contribution < 1.29 is 4.79 Å². The molecule has 1 aliphatic heterocycles. The topological polar surface area (TPSA) is 32.3 Å². The van der Waals surface area contributed by atoms with Crippen LogP contribution in [0.15, 0.2) is 11.1 Å². The van der Waals surface area contributed by atoms with E-state index in [1.807, 2.05) is 16.7 Å². The van der Waals surface area contributed by atoms with Crippen LogP contribution in [0.4, 0.5) is 4.79 Å². The summed E-state index contributed by atoms with van der Waals surface area (Å²) in [4.78, 5) is 13.7. The van der Waals surface area contributed by atoms with E-state index >= 15 is 0 Å². The number of rotatable bonds is 2. The van der Waals surface area contributed by atoms with Gasteiger partial charge in [0.1, 0.15) is 0 Å². The molecule has 0 spiro atoms. The Balaban J connectivity index is 2.47. The SMILES string of the molecule is C=C(Br)CNC(=O)N1CCSC(C)C1C. The number of nitrogens with one attached hydrogen (secondary N) is 1. The molecule has 0 bridgehead atoms. The van der Waals surface area contributed by atoms with E-state index in [2.05, 4.69) is 41.7 Å². The van der Waals surface area contributed by atoms with Gasteiger partial charge in [0.25, 0.3) is 0 Å². The van der Waals surface area contributed by atoms with E-state index in [1.165, 1.54) is 0 Å². The Bertz CT molecular complexity index is 260. The molecule has 0 aromatic carbocycles. The van der Waals surface area contributed by atoms with Crippen LogP contribution in [0, 0.1) is 0 Å². The largest absolute Gasteiger partial charge is 0.333 e. The minimum atomic E-state index is 0.00949. The van der Waals surface area contributed by atoms with Crippen molar-refractivity contribution in [2.45, 2.75) is 25.1 Å². The van der Waals surface area contributed by atoms with Gasteiger partial charge in [-0.05, 0) is 6.92 Å². The molecule has 1 N–H and O–H groups in total. The molecule has 1 rings (SSSR count). The third kappa shape index (κ3) is 3.72. The molecule has 1 heterocycles. The molecule has 0 saturated carbocycles. The van der Waals surface area contributed by atoms with Crippen LogP contribution in [-0.2, 0) is 0 Å². The quantitative estimate of drug-likeness (QED) is 0.848. The van der Waals surface area contributed by atoms with Gasteiger partial charge >= 0.3 is 6.03 Å². The maximum atomic E-state index is 11.8. The van der Waals surface area contributed by atoms with Crippen LogP contribution < -0.4 is 5.32 Å². The van der Waals surface area contributed by atoms with Gasteiger partial charge in [0.15, 0.2) is 0 Å². The van der Waals surface area contributed by atoms with Gasteiger partial charge in [-0.3, -0.25) is 0 Å². The van der Waals surface area contributed by atoms with Crippen molar-refractivity contribution in [3.63, 3.8) is 0 Å². The Hall–Kier alpha value is -0.160. The lowest BCUT2D eigenvalue weighted by Gasteiger charge is -2.37. The Morgan fingerprint density at radius 1 is 1.67 bits per heavy atom. The van der Waals surface area contributed by atoms with E-state index < -0.39 is 0 Å². The zero-order valence-corrected chi connectivity index (χ0v) is 11.5. The molecule has 5 heteroatoms. The molecule has 1 saturated heterocycles. The van der Waals surface area contributed by atoms with Crippen molar-refractivity contribution in [1.29, 1.82) is 0 Å². The second kappa shape index (κ2) is 5.80. The van der Waals surface area contributed by atoms with E-state index in [0.717, 1.165) is 16.8 Å². The van der Waals surface area contributed by atoms with E-state index in [-0.39, 0.29) is 6.03 Å². The van der Waals surface area contributed by atoms with Crippen LogP contribution in [0.1, 0.15) is 13.8 Å². The number of carbonyl (C=O) groups excluding carboxylic acids is 1. The zero-order chi connectivity index (χ0) is 11.4. The lowest BCUT2D eigenvalue weighted by molar-refractivity contribution is 0.181. The fourth-order valence-corrected chi connectivity index (χ4v) is 2.73. The standard InChI is InChI=1S/C10H17BrN2OS/c1-7(11)6-12-10(14)13-4-5-15-9(3)8(13)2/h8-9H,1,4-6H2,2-3H3,(H,12,14). The molecule has 2 atom stereocenters. The molecule has 0 aromatic heterocycles. The summed E-state index contributed by atoms with van der Waals surface area (Å²) < 4.78 is 0.794. The van der Waals surface area contributed by atoms with Gasteiger partial charge in [-0.1, -0.05) is 29.4 Å². The van der Waals surface area contributed by atoms with Gasteiger partial charge in [0, 0.05) is 28.1 Å². The molecular formula is C10H17BrN2OS. The average Bonchev–Trinajstić information content (AvgIpc) is 2.18. The second-order valence-electron chi connectivity index (χ2n) is 3.69. The van der Waals surface area contributed by atoms with Crippen LogP contribution in [0.5, 0.6) is 0 Å². The van der Waals surface area contributed by atoms with Crippen molar-refractivity contribution in [1.82, 2.24) is 10.2 Å². The summed E-state index contributed by atoms with van der Waals surface area (Å²) in [7, 11) is 0. The Morgan fingerprint density at radius 2 is 2.33 bits per heavy atom. The van der Waals surface area contributed by atoms with Crippen LogP contribution in [0.3, 0.4) is 0 Å². The first kappa shape index (κ1) is 12.9. The van der Waals surface area contributed by atoms with Crippen LogP contribution >= 0.6 is 27.7 Å². The van der Waals surface area contributed by atoms with Crippen molar-refractivity contribution >= 4 is 33.7 Å². The summed E-state index contributed by atoms with van der Waals surface area (Å²) in [5.41, 5.74) is 0. The first-order valence-corrected chi connectivity index (χ1v) is 6.86. The predicted octanol–water partition coefficient (Wildman–Crippen LogP) is 2.43. The lowest BCUT2D eigenvalue weighted by atomic mass is 10.2. The molecule has 0 radical (unpaired) electrons. The zero-order valence-electron chi connectivity index (χ0n) is 9.12. The Kier molecular flexibility index (Phi) is 4.99. The van der Waals surface area contributed by atoms with Crippen molar-refractivity contribution in [3.05, 3.63) is 11.1 Å². The number of halogens is 1. The third-order valence-corrected chi connectivity index (χ3v) is 4.19. The number of urea groups is 1. The fourth-order valence-electron chi connectivity index (χ4n) is 1.49. The first-order chi connectivity index (χ1) is 7.02. The highest BCUT2D eigenvalue weighted by Crippen LogP contribution is 2.23. The maximum Gasteiger partial charge on any atom is 0.317 e. The highest BCUT2D eigenvalue weighted by molar-refractivity contribution is 9.11. The van der Waals surface area contributed by atoms with E-state index in [0.29, 0.717) is 17.8 Å². The highest BCUT2D eigenvalue weighted by Gasteiger charge is 2.28. The molecule has 0 aliphatic carbocycles. The van der Waals surface area contributed by atoms with Crippen molar-refractivity contribution in [3.8, 4) is 0 Å². The summed E-state index contributed by atoms with van der Waals surface area (Å²) in [5, 5.41) is 3.34. The van der Waals surface area contributed by atoms with Crippen molar-refractivity contribution in [2.75, 3.05) is 18.8 Å². The minimum absolute atomic E-state index is 0.00949. The molecule has 2 amide bonds. The first-order valence-electron chi connectivity index (χ1n) is 5.01. The lowest BCUT2D eigenvalue weighted by Crippen LogP contribution is -2.52. The summed E-state index contributed by atoms with van der Waals surface area (Å²) in [5.74, 6) is 1.02. The molecule has 3 nitrogen and oxygen atoms in total. The minimum Gasteiger partial charge on any atom is -0.333 e. The summed E-state index contributed by atoms with van der Waals surface area (Å²) in [6, 6.07) is 0.308. The predicted molar refractivity (Wildman–Crippen MR) is 69.6 cm³/mol. The van der Waals surface area contributed by atoms with Gasteiger partial charge < -0.3 is 10.2 Å². The summed E-state index contributed by atoms with van der Waals surface area (Å²) in [6.45, 7) is 9.27. The van der Waals surface area contributed by atoms with E-state index in [4.69, 9.17) is 0 Å². The molecule has 86 valence electrons. The highest BCUT2D eigenvalue weighted by atomic mass is 79.9. The van der Waals surface area contributed by atoms with Crippen LogP contribution in [-0.4, -0.2) is 41.1 Å². The molecule has 1 fully saturated rings. The number of carbonyl (C=O) groups is 1. The Labute approximate surface area is 104 Å². The summed E-state index contributed by atoms with van der Waals surface area (Å²) >= 11 is 5.15. The maximum absolute atomic E-state index is 11.8. The molecule has 1 aliphatic rings. The second-order valence-corrected chi connectivity index (χ2v) is 6.29. The smallest absolute Gasteiger partial charge is 0.317 e. The average molecular weight is 293 g/mol. The van der Waals surface area contributed by atoms with Gasteiger partial charge in [-0.2, -0.15) is 11.8 Å². The Morgan fingerprint density at radius 3 is 2.93 bits per heavy atom. The monoisotopic (exact) mass is 292 g/mol. The summed E-state index contributed by atoms with van der Waals surface area (Å²) in [6.07, 6.45) is 0. The van der Waals surface area contributed by atoms with E-state index in [1.54, 1.807) is 0 Å². The molecule has 15 heavy (non-hydrogen) atoms. The van der Waals surface area contributed by atoms with Crippen molar-refractivity contribution in [2.24, 2.45) is 0 Å². The number of thioether (sulfide) groups is 1. The van der Waals surface area contributed by atoms with Gasteiger partial charge in [0.2, 0.25) is 0 Å². The van der Waals surface area contributed by atoms with Gasteiger partial charge in [0.05, 0.1) is 6.54 Å².